The number of anilines is 1. The van der Waals surface area contributed by atoms with E-state index in [1.54, 1.807) is 19.1 Å². The Morgan fingerprint density at radius 3 is 2.56 bits per heavy atom. The largest absolute Gasteiger partial charge is 0.278 e. The first kappa shape index (κ1) is 13.3. The Bertz CT molecular complexity index is 663. The number of halogens is 1. The first-order valence-electron chi connectivity index (χ1n) is 5.10. The molecule has 2 aromatic heterocycles. The first-order valence-corrected chi connectivity index (χ1v) is 7.77. The van der Waals surface area contributed by atoms with E-state index in [1.165, 1.54) is 23.6 Å². The van der Waals surface area contributed by atoms with Crippen LogP contribution in [0.1, 0.15) is 9.75 Å². The monoisotopic (exact) mass is 302 g/mol. The van der Waals surface area contributed by atoms with Crippen LogP contribution in [0.2, 0.25) is 5.15 Å². The van der Waals surface area contributed by atoms with Gasteiger partial charge < -0.3 is 0 Å². The molecule has 0 saturated carbocycles. The number of nitrogens with zero attached hydrogens (tertiary/aromatic N) is 1. The highest BCUT2D eigenvalue weighted by molar-refractivity contribution is 7.93. The minimum absolute atomic E-state index is 0.306. The summed E-state index contributed by atoms with van der Waals surface area (Å²) in [5, 5.41) is 0.320. The lowest BCUT2D eigenvalue weighted by molar-refractivity contribution is 0.601. The maximum atomic E-state index is 12.2. The van der Waals surface area contributed by atoms with Crippen LogP contribution in [0.5, 0.6) is 0 Å². The summed E-state index contributed by atoms with van der Waals surface area (Å²) in [6.45, 7) is 3.66. The Hall–Kier alpha value is -1.11. The lowest BCUT2D eigenvalue weighted by atomic mass is 10.4. The Balaban J connectivity index is 2.33. The molecule has 0 aliphatic rings. The van der Waals surface area contributed by atoms with E-state index in [1.807, 2.05) is 6.92 Å². The number of pyridine rings is 1. The fourth-order valence-electron chi connectivity index (χ4n) is 1.52. The predicted octanol–water partition coefficient (Wildman–Crippen LogP) is 3.21. The molecule has 0 fully saturated rings. The number of thiophene rings is 1. The van der Waals surface area contributed by atoms with E-state index in [0.717, 1.165) is 9.75 Å². The number of nitrogens with one attached hydrogen (secondary N) is 1. The molecule has 2 aromatic rings. The zero-order chi connectivity index (χ0) is 13.3. The maximum absolute atomic E-state index is 12.2. The molecule has 0 aliphatic carbocycles. The van der Waals surface area contributed by atoms with Crippen LogP contribution in [0.4, 0.5) is 5.69 Å². The Morgan fingerprint density at radius 2 is 2.06 bits per heavy atom. The third-order valence-corrected chi connectivity index (χ3v) is 5.09. The van der Waals surface area contributed by atoms with Gasteiger partial charge in [-0.3, -0.25) is 4.72 Å². The number of sulfonamides is 1. The van der Waals surface area contributed by atoms with Crippen molar-refractivity contribution < 1.29 is 8.42 Å². The van der Waals surface area contributed by atoms with Crippen molar-refractivity contribution >= 4 is 38.6 Å². The quantitative estimate of drug-likeness (QED) is 0.886. The SMILES string of the molecule is Cc1cc(S(=O)(=O)Nc2ccc(Cl)nc2)c(C)s1. The summed E-state index contributed by atoms with van der Waals surface area (Å²) in [6, 6.07) is 4.76. The Morgan fingerprint density at radius 1 is 1.33 bits per heavy atom. The van der Waals surface area contributed by atoms with Gasteiger partial charge in [0.25, 0.3) is 10.0 Å². The van der Waals surface area contributed by atoms with E-state index in [-0.39, 0.29) is 0 Å². The smallest absolute Gasteiger partial charge is 0.263 e. The van der Waals surface area contributed by atoms with Crippen LogP contribution >= 0.6 is 22.9 Å². The van der Waals surface area contributed by atoms with Crippen molar-refractivity contribution in [2.24, 2.45) is 0 Å². The van der Waals surface area contributed by atoms with Gasteiger partial charge in [-0.05, 0) is 32.0 Å². The fraction of sp³-hybridized carbons (Fsp3) is 0.182. The van der Waals surface area contributed by atoms with Gasteiger partial charge in [-0.25, -0.2) is 13.4 Å². The zero-order valence-electron chi connectivity index (χ0n) is 9.77. The van der Waals surface area contributed by atoms with Crippen molar-refractivity contribution in [1.82, 2.24) is 4.98 Å². The number of rotatable bonds is 3. The van der Waals surface area contributed by atoms with Crippen LogP contribution in [0, 0.1) is 13.8 Å². The molecule has 0 aromatic carbocycles. The number of hydrogen-bond donors (Lipinski definition) is 1. The molecule has 18 heavy (non-hydrogen) atoms. The summed E-state index contributed by atoms with van der Waals surface area (Å²) in [7, 11) is -3.56. The van der Waals surface area contributed by atoms with Crippen molar-refractivity contribution in [1.29, 1.82) is 0 Å². The van der Waals surface area contributed by atoms with Crippen molar-refractivity contribution in [3.8, 4) is 0 Å². The summed E-state index contributed by atoms with van der Waals surface area (Å²) in [5.41, 5.74) is 0.391. The van der Waals surface area contributed by atoms with E-state index in [0.29, 0.717) is 15.7 Å². The predicted molar refractivity (Wildman–Crippen MR) is 73.8 cm³/mol. The number of aryl methyl sites for hydroxylation is 2. The molecule has 0 unspecified atom stereocenters. The molecule has 0 atom stereocenters. The van der Waals surface area contributed by atoms with Crippen LogP contribution in [0.15, 0.2) is 29.3 Å². The van der Waals surface area contributed by atoms with Crippen LogP contribution in [0.3, 0.4) is 0 Å². The Labute approximate surface area is 115 Å². The van der Waals surface area contributed by atoms with Crippen LogP contribution < -0.4 is 4.72 Å². The molecule has 0 bridgehead atoms. The first-order chi connectivity index (χ1) is 8.38. The average molecular weight is 303 g/mol. The van der Waals surface area contributed by atoms with Gasteiger partial charge in [0.15, 0.2) is 0 Å². The number of aromatic nitrogens is 1. The second-order valence-electron chi connectivity index (χ2n) is 3.75. The maximum Gasteiger partial charge on any atom is 0.263 e. The van der Waals surface area contributed by atoms with Gasteiger partial charge in [-0.2, -0.15) is 0 Å². The second kappa shape index (κ2) is 4.87. The van der Waals surface area contributed by atoms with E-state index in [9.17, 15) is 8.42 Å². The molecule has 0 spiro atoms. The van der Waals surface area contributed by atoms with Gasteiger partial charge in [-0.1, -0.05) is 11.6 Å². The summed E-state index contributed by atoms with van der Waals surface area (Å²) in [5.74, 6) is 0. The van der Waals surface area contributed by atoms with E-state index in [2.05, 4.69) is 9.71 Å². The van der Waals surface area contributed by atoms with Gasteiger partial charge in [0, 0.05) is 9.75 Å². The van der Waals surface area contributed by atoms with E-state index < -0.39 is 10.0 Å². The van der Waals surface area contributed by atoms with Gasteiger partial charge in [-0.15, -0.1) is 11.3 Å². The van der Waals surface area contributed by atoms with Crippen molar-refractivity contribution in [3.05, 3.63) is 39.3 Å². The standard InChI is InChI=1S/C11H11ClN2O2S2/c1-7-5-10(8(2)17-7)18(15,16)14-9-3-4-11(12)13-6-9/h3-6,14H,1-2H3. The highest BCUT2D eigenvalue weighted by atomic mass is 35.5. The second-order valence-corrected chi connectivity index (χ2v) is 7.25. The topological polar surface area (TPSA) is 59.1 Å². The van der Waals surface area contributed by atoms with Crippen LogP contribution in [-0.2, 0) is 10.0 Å². The van der Waals surface area contributed by atoms with Gasteiger partial charge in [0.2, 0.25) is 0 Å². The summed E-state index contributed by atoms with van der Waals surface area (Å²) >= 11 is 7.09. The third-order valence-electron chi connectivity index (χ3n) is 2.26. The van der Waals surface area contributed by atoms with Crippen LogP contribution in [0.25, 0.3) is 0 Å². The molecule has 0 amide bonds. The highest BCUT2D eigenvalue weighted by Crippen LogP contribution is 2.26. The molecule has 0 aliphatic heterocycles. The molecule has 0 saturated heterocycles. The molecular formula is C11H11ClN2O2S2. The molecule has 2 heterocycles. The minimum Gasteiger partial charge on any atom is -0.278 e. The third kappa shape index (κ3) is 2.82. The normalized spacial score (nSPS) is 11.5. The summed E-state index contributed by atoms with van der Waals surface area (Å²) in [6.07, 6.45) is 1.38. The lowest BCUT2D eigenvalue weighted by Gasteiger charge is -2.06. The van der Waals surface area contributed by atoms with Crippen molar-refractivity contribution in [2.75, 3.05) is 4.72 Å². The highest BCUT2D eigenvalue weighted by Gasteiger charge is 2.19. The molecule has 7 heteroatoms. The lowest BCUT2D eigenvalue weighted by Crippen LogP contribution is -2.13. The molecule has 0 radical (unpaired) electrons. The summed E-state index contributed by atoms with van der Waals surface area (Å²) in [4.78, 5) is 5.86. The zero-order valence-corrected chi connectivity index (χ0v) is 12.2. The average Bonchev–Trinajstić information content (AvgIpc) is 2.62. The minimum atomic E-state index is -3.56. The van der Waals surface area contributed by atoms with Crippen LogP contribution in [-0.4, -0.2) is 13.4 Å². The molecule has 2 rings (SSSR count). The molecule has 96 valence electrons. The van der Waals surface area contributed by atoms with E-state index >= 15 is 0 Å². The van der Waals surface area contributed by atoms with Crippen molar-refractivity contribution in [3.63, 3.8) is 0 Å². The fourth-order valence-corrected chi connectivity index (χ4v) is 4.23. The van der Waals surface area contributed by atoms with Gasteiger partial charge in [0.1, 0.15) is 10.0 Å². The van der Waals surface area contributed by atoms with E-state index in [4.69, 9.17) is 11.6 Å². The summed E-state index contributed by atoms with van der Waals surface area (Å²) < 4.78 is 26.8. The van der Waals surface area contributed by atoms with Crippen molar-refractivity contribution in [2.45, 2.75) is 18.7 Å². The molecule has 1 N–H and O–H groups in total. The number of hydrogen-bond acceptors (Lipinski definition) is 4. The van der Waals surface area contributed by atoms with Gasteiger partial charge >= 0.3 is 0 Å². The van der Waals surface area contributed by atoms with Gasteiger partial charge in [0.05, 0.1) is 11.9 Å². The molecule has 4 nitrogen and oxygen atoms in total. The molecular weight excluding hydrogens is 292 g/mol. The Kier molecular flexibility index (Phi) is 3.61.